The van der Waals surface area contributed by atoms with Crippen molar-refractivity contribution in [1.29, 1.82) is 0 Å². The van der Waals surface area contributed by atoms with Gasteiger partial charge in [0.2, 0.25) is 0 Å². The van der Waals surface area contributed by atoms with Crippen LogP contribution in [-0.2, 0) is 4.79 Å². The lowest BCUT2D eigenvalue weighted by Gasteiger charge is -1.98. The van der Waals surface area contributed by atoms with Gasteiger partial charge >= 0.3 is 0 Å². The molecule has 5 nitrogen and oxygen atoms in total. The van der Waals surface area contributed by atoms with Crippen LogP contribution in [0.3, 0.4) is 0 Å². The first-order chi connectivity index (χ1) is 6.74. The summed E-state index contributed by atoms with van der Waals surface area (Å²) in [5.74, 6) is 0. The molecule has 5 heteroatoms. The first-order valence-corrected chi connectivity index (χ1v) is 3.85. The van der Waals surface area contributed by atoms with E-state index < -0.39 is 4.92 Å². The average molecular weight is 192 g/mol. The number of nitro benzene ring substituents is 1. The van der Waals surface area contributed by atoms with Gasteiger partial charge < -0.3 is 5.32 Å². The molecule has 0 saturated heterocycles. The van der Waals surface area contributed by atoms with Crippen molar-refractivity contribution in [1.82, 2.24) is 0 Å². The fourth-order valence-electron chi connectivity index (χ4n) is 0.893. The third kappa shape index (κ3) is 2.71. The van der Waals surface area contributed by atoms with E-state index >= 15 is 0 Å². The Morgan fingerprint density at radius 1 is 1.43 bits per heavy atom. The van der Waals surface area contributed by atoms with Crippen molar-refractivity contribution in [2.75, 3.05) is 5.32 Å². The van der Waals surface area contributed by atoms with Gasteiger partial charge in [-0.1, -0.05) is 6.07 Å². The molecule has 1 aromatic carbocycles. The quantitative estimate of drug-likeness (QED) is 0.341. The van der Waals surface area contributed by atoms with Crippen LogP contribution in [0.25, 0.3) is 0 Å². The van der Waals surface area contributed by atoms with E-state index in [0.29, 0.717) is 12.0 Å². The number of nitro groups is 1. The molecular formula is C9H8N2O3. The third-order valence-electron chi connectivity index (χ3n) is 1.48. The summed E-state index contributed by atoms with van der Waals surface area (Å²) in [6, 6.07) is 6.02. The monoisotopic (exact) mass is 192 g/mol. The molecule has 0 unspecified atom stereocenters. The van der Waals surface area contributed by atoms with Crippen molar-refractivity contribution < 1.29 is 9.72 Å². The van der Waals surface area contributed by atoms with E-state index in [1.807, 2.05) is 0 Å². The van der Waals surface area contributed by atoms with Gasteiger partial charge in [-0.15, -0.1) is 0 Å². The molecule has 1 N–H and O–H groups in total. The maximum Gasteiger partial charge on any atom is 0.271 e. The SMILES string of the molecule is O=C/C=C/Nc1cccc([N+](=O)[O-])c1. The third-order valence-corrected chi connectivity index (χ3v) is 1.48. The van der Waals surface area contributed by atoms with Gasteiger partial charge in [-0.25, -0.2) is 0 Å². The number of carbonyl (C=O) groups excluding carboxylic acids is 1. The second-order valence-corrected chi connectivity index (χ2v) is 2.45. The second kappa shape index (κ2) is 4.76. The summed E-state index contributed by atoms with van der Waals surface area (Å²) in [5.41, 5.74) is 0.576. The van der Waals surface area contributed by atoms with Crippen LogP contribution in [0.4, 0.5) is 11.4 Å². The van der Waals surface area contributed by atoms with Crippen LogP contribution in [0.2, 0.25) is 0 Å². The molecule has 0 atom stereocenters. The summed E-state index contributed by atoms with van der Waals surface area (Å²) in [5, 5.41) is 13.1. The number of carbonyl (C=O) groups is 1. The largest absolute Gasteiger partial charge is 0.361 e. The van der Waals surface area contributed by atoms with Crippen LogP contribution in [0.1, 0.15) is 0 Å². The van der Waals surface area contributed by atoms with E-state index in [-0.39, 0.29) is 5.69 Å². The molecule has 0 bridgehead atoms. The normalized spacial score (nSPS) is 10.0. The van der Waals surface area contributed by atoms with Gasteiger partial charge in [0.05, 0.1) is 4.92 Å². The maximum absolute atomic E-state index is 10.4. The van der Waals surface area contributed by atoms with Crippen LogP contribution in [0.5, 0.6) is 0 Å². The maximum atomic E-state index is 10.4. The van der Waals surface area contributed by atoms with Gasteiger partial charge in [0.1, 0.15) is 6.29 Å². The molecule has 0 aromatic heterocycles. The van der Waals surface area contributed by atoms with Gasteiger partial charge in [0.25, 0.3) is 5.69 Å². The summed E-state index contributed by atoms with van der Waals surface area (Å²) in [6.07, 6.45) is 3.29. The van der Waals surface area contributed by atoms with Crippen molar-refractivity contribution in [3.8, 4) is 0 Å². The highest BCUT2D eigenvalue weighted by atomic mass is 16.6. The van der Waals surface area contributed by atoms with Crippen LogP contribution in [0, 0.1) is 10.1 Å². The molecule has 0 radical (unpaired) electrons. The average Bonchev–Trinajstić information content (AvgIpc) is 2.19. The molecule has 0 saturated carbocycles. The fraction of sp³-hybridized carbons (Fsp3) is 0. The smallest absolute Gasteiger partial charge is 0.271 e. The molecule has 72 valence electrons. The van der Waals surface area contributed by atoms with Crippen molar-refractivity contribution in [3.63, 3.8) is 0 Å². The second-order valence-electron chi connectivity index (χ2n) is 2.45. The summed E-state index contributed by atoms with van der Waals surface area (Å²) in [6.45, 7) is 0. The van der Waals surface area contributed by atoms with Gasteiger partial charge in [0.15, 0.2) is 0 Å². The van der Waals surface area contributed by atoms with Crippen molar-refractivity contribution >= 4 is 17.7 Å². The fourth-order valence-corrected chi connectivity index (χ4v) is 0.893. The summed E-state index contributed by atoms with van der Waals surface area (Å²) < 4.78 is 0. The number of benzene rings is 1. The van der Waals surface area contributed by atoms with E-state index in [1.165, 1.54) is 24.4 Å². The van der Waals surface area contributed by atoms with E-state index in [9.17, 15) is 14.9 Å². The predicted octanol–water partition coefficient (Wildman–Crippen LogP) is 1.72. The Bertz CT molecular complexity index is 374. The molecule has 0 fully saturated rings. The molecule has 0 spiro atoms. The van der Waals surface area contributed by atoms with E-state index in [2.05, 4.69) is 5.32 Å². The Balaban J connectivity index is 2.78. The highest BCUT2D eigenvalue weighted by Crippen LogP contribution is 2.16. The van der Waals surface area contributed by atoms with Gasteiger partial charge in [-0.05, 0) is 12.1 Å². The molecule has 14 heavy (non-hydrogen) atoms. The summed E-state index contributed by atoms with van der Waals surface area (Å²) >= 11 is 0. The van der Waals surface area contributed by atoms with Crippen molar-refractivity contribution in [3.05, 3.63) is 46.7 Å². The Hall–Kier alpha value is -2.17. The zero-order valence-electron chi connectivity index (χ0n) is 7.21. The van der Waals surface area contributed by atoms with Crippen LogP contribution in [-0.4, -0.2) is 11.2 Å². The van der Waals surface area contributed by atoms with Gasteiger partial charge in [-0.3, -0.25) is 14.9 Å². The molecule has 0 aliphatic carbocycles. The first kappa shape index (κ1) is 9.91. The molecule has 1 aromatic rings. The lowest BCUT2D eigenvalue weighted by atomic mass is 10.3. The Kier molecular flexibility index (Phi) is 3.37. The number of hydrogen-bond acceptors (Lipinski definition) is 4. The Labute approximate surface area is 80.2 Å². The minimum Gasteiger partial charge on any atom is -0.361 e. The minimum absolute atomic E-state index is 0.00880. The zero-order valence-corrected chi connectivity index (χ0v) is 7.21. The highest BCUT2D eigenvalue weighted by Gasteiger charge is 2.03. The molecular weight excluding hydrogens is 184 g/mol. The molecule has 0 amide bonds. The number of rotatable bonds is 4. The highest BCUT2D eigenvalue weighted by molar-refractivity contribution is 5.66. The standard InChI is InChI=1S/C9H8N2O3/c12-6-2-5-10-8-3-1-4-9(7-8)11(13)14/h1-7,10H/b5-2+. The first-order valence-electron chi connectivity index (χ1n) is 3.85. The van der Waals surface area contributed by atoms with Crippen LogP contribution in [0.15, 0.2) is 36.5 Å². The minimum atomic E-state index is -0.478. The summed E-state index contributed by atoms with van der Waals surface area (Å²) in [4.78, 5) is 19.8. The number of nitrogens with one attached hydrogen (secondary N) is 1. The van der Waals surface area contributed by atoms with Crippen LogP contribution >= 0.6 is 0 Å². The number of anilines is 1. The zero-order chi connectivity index (χ0) is 10.4. The lowest BCUT2D eigenvalue weighted by Crippen LogP contribution is -1.91. The predicted molar refractivity (Wildman–Crippen MR) is 51.9 cm³/mol. The van der Waals surface area contributed by atoms with E-state index in [1.54, 1.807) is 12.1 Å². The molecule has 0 aliphatic rings. The topological polar surface area (TPSA) is 72.2 Å². The summed E-state index contributed by atoms with van der Waals surface area (Å²) in [7, 11) is 0. The number of non-ortho nitro benzene ring substituents is 1. The van der Waals surface area contributed by atoms with E-state index in [4.69, 9.17) is 0 Å². The van der Waals surface area contributed by atoms with Crippen molar-refractivity contribution in [2.24, 2.45) is 0 Å². The number of allylic oxidation sites excluding steroid dienone is 1. The van der Waals surface area contributed by atoms with Gasteiger partial charge in [-0.2, -0.15) is 0 Å². The van der Waals surface area contributed by atoms with Crippen molar-refractivity contribution in [2.45, 2.75) is 0 Å². The molecule has 0 aliphatic heterocycles. The van der Waals surface area contributed by atoms with Gasteiger partial charge in [0, 0.05) is 24.0 Å². The molecule has 1 rings (SSSR count). The number of aldehydes is 1. The lowest BCUT2D eigenvalue weighted by molar-refractivity contribution is -0.384. The molecule has 0 heterocycles. The number of nitrogens with zero attached hydrogens (tertiary/aromatic N) is 1. The Morgan fingerprint density at radius 2 is 2.21 bits per heavy atom. The number of hydrogen-bond donors (Lipinski definition) is 1. The van der Waals surface area contributed by atoms with E-state index in [0.717, 1.165) is 0 Å². The van der Waals surface area contributed by atoms with Crippen LogP contribution < -0.4 is 5.32 Å². The Morgan fingerprint density at radius 3 is 2.86 bits per heavy atom.